The van der Waals surface area contributed by atoms with Crippen molar-refractivity contribution >= 4 is 17.3 Å². The predicted octanol–water partition coefficient (Wildman–Crippen LogP) is 1.10. The van der Waals surface area contributed by atoms with Crippen LogP contribution >= 0.6 is 0 Å². The molecule has 0 spiro atoms. The largest absolute Gasteiger partial charge is 0.319 e. The van der Waals surface area contributed by atoms with Crippen LogP contribution < -0.4 is 10.9 Å². The molecule has 21 heavy (non-hydrogen) atoms. The van der Waals surface area contributed by atoms with Crippen molar-refractivity contribution in [2.45, 2.75) is 13.5 Å². The van der Waals surface area contributed by atoms with Crippen molar-refractivity contribution in [3.63, 3.8) is 0 Å². The molecule has 0 atom stereocenters. The number of nitro benzene ring substituents is 1. The number of benzene rings is 1. The van der Waals surface area contributed by atoms with E-state index in [0.29, 0.717) is 5.69 Å². The van der Waals surface area contributed by atoms with E-state index in [1.54, 1.807) is 13.0 Å². The maximum Gasteiger partial charge on any atom is 0.292 e. The smallest absolute Gasteiger partial charge is 0.292 e. The summed E-state index contributed by atoms with van der Waals surface area (Å²) in [5.41, 5.74) is 0.0661. The summed E-state index contributed by atoms with van der Waals surface area (Å²) in [5.74, 6) is -0.544. The van der Waals surface area contributed by atoms with Gasteiger partial charge < -0.3 is 5.32 Å². The van der Waals surface area contributed by atoms with Crippen molar-refractivity contribution in [1.29, 1.82) is 0 Å². The molecule has 0 unspecified atom stereocenters. The second-order valence-corrected chi connectivity index (χ2v) is 4.32. The van der Waals surface area contributed by atoms with Crippen LogP contribution in [0.4, 0.5) is 11.4 Å². The number of nitro groups is 1. The van der Waals surface area contributed by atoms with E-state index >= 15 is 0 Å². The van der Waals surface area contributed by atoms with Gasteiger partial charge in [-0.05, 0) is 13.0 Å². The molecule has 8 heteroatoms. The van der Waals surface area contributed by atoms with Crippen LogP contribution in [0.3, 0.4) is 0 Å². The van der Waals surface area contributed by atoms with Gasteiger partial charge in [0.15, 0.2) is 0 Å². The number of para-hydroxylation sites is 2. The minimum atomic E-state index is -0.588. The van der Waals surface area contributed by atoms with Gasteiger partial charge in [0.05, 0.1) is 11.3 Å². The molecule has 8 nitrogen and oxygen atoms in total. The van der Waals surface area contributed by atoms with E-state index in [-0.39, 0.29) is 23.5 Å². The molecule has 0 saturated heterocycles. The van der Waals surface area contributed by atoms with Gasteiger partial charge in [-0.1, -0.05) is 12.1 Å². The Labute approximate surface area is 119 Å². The molecule has 0 aliphatic heterocycles. The molecule has 1 heterocycles. The van der Waals surface area contributed by atoms with Crippen molar-refractivity contribution in [2.75, 3.05) is 5.32 Å². The number of carbonyl (C=O) groups is 1. The molecular weight excluding hydrogens is 276 g/mol. The van der Waals surface area contributed by atoms with Gasteiger partial charge in [0.25, 0.3) is 11.2 Å². The Morgan fingerprint density at radius 3 is 2.81 bits per heavy atom. The Bertz CT molecular complexity index is 754. The molecule has 1 amide bonds. The molecule has 0 fully saturated rings. The number of aromatic nitrogens is 2. The first-order valence-electron chi connectivity index (χ1n) is 6.04. The molecule has 0 radical (unpaired) electrons. The van der Waals surface area contributed by atoms with Gasteiger partial charge in [0.1, 0.15) is 12.2 Å². The highest BCUT2D eigenvalue weighted by Gasteiger charge is 2.15. The Hall–Kier alpha value is -3.03. The minimum absolute atomic E-state index is 0.0839. The number of hydrogen-bond donors (Lipinski definition) is 1. The molecule has 0 bridgehead atoms. The average Bonchev–Trinajstić information content (AvgIpc) is 2.42. The van der Waals surface area contributed by atoms with Crippen LogP contribution in [0, 0.1) is 17.0 Å². The van der Waals surface area contributed by atoms with Gasteiger partial charge in [0, 0.05) is 17.8 Å². The first kappa shape index (κ1) is 14.4. The molecule has 1 aromatic heterocycles. The van der Waals surface area contributed by atoms with Gasteiger partial charge in [0.2, 0.25) is 5.91 Å². The fourth-order valence-corrected chi connectivity index (χ4v) is 1.72. The molecule has 0 aliphatic rings. The highest BCUT2D eigenvalue weighted by Crippen LogP contribution is 2.22. The first-order valence-corrected chi connectivity index (χ1v) is 6.04. The summed E-state index contributed by atoms with van der Waals surface area (Å²) in [6.07, 6.45) is 1.26. The van der Waals surface area contributed by atoms with Crippen LogP contribution in [0.25, 0.3) is 0 Å². The van der Waals surface area contributed by atoms with E-state index in [1.807, 2.05) is 0 Å². The summed E-state index contributed by atoms with van der Waals surface area (Å²) >= 11 is 0. The Balaban J connectivity index is 2.16. The van der Waals surface area contributed by atoms with Gasteiger partial charge in [-0.3, -0.25) is 24.3 Å². The third-order valence-corrected chi connectivity index (χ3v) is 2.70. The van der Waals surface area contributed by atoms with Crippen LogP contribution in [0.15, 0.2) is 41.5 Å². The van der Waals surface area contributed by atoms with Crippen molar-refractivity contribution < 1.29 is 9.72 Å². The summed E-state index contributed by atoms with van der Waals surface area (Å²) in [4.78, 5) is 37.7. The van der Waals surface area contributed by atoms with Crippen molar-refractivity contribution in [3.8, 4) is 0 Å². The Morgan fingerprint density at radius 1 is 1.43 bits per heavy atom. The van der Waals surface area contributed by atoms with Crippen LogP contribution in [0.5, 0.6) is 0 Å². The molecule has 0 aliphatic carbocycles. The lowest BCUT2D eigenvalue weighted by Crippen LogP contribution is -2.27. The molecule has 0 saturated carbocycles. The third-order valence-electron chi connectivity index (χ3n) is 2.70. The van der Waals surface area contributed by atoms with Crippen molar-refractivity contribution in [1.82, 2.24) is 9.55 Å². The molecule has 108 valence electrons. The fraction of sp³-hybridized carbons (Fsp3) is 0.154. The van der Waals surface area contributed by atoms with E-state index in [0.717, 1.165) is 4.57 Å². The number of amides is 1. The zero-order chi connectivity index (χ0) is 15.4. The number of aryl methyl sites for hydroxylation is 1. The highest BCUT2D eigenvalue weighted by atomic mass is 16.6. The van der Waals surface area contributed by atoms with Crippen LogP contribution in [0.2, 0.25) is 0 Å². The Kier molecular flexibility index (Phi) is 4.07. The molecular formula is C13H12N4O4. The lowest BCUT2D eigenvalue weighted by atomic mass is 10.2. The maximum absolute atomic E-state index is 11.9. The lowest BCUT2D eigenvalue weighted by molar-refractivity contribution is -0.383. The van der Waals surface area contributed by atoms with E-state index in [1.165, 1.54) is 30.6 Å². The summed E-state index contributed by atoms with van der Waals surface area (Å²) in [5, 5.41) is 13.3. The molecule has 2 aromatic rings. The number of carbonyl (C=O) groups excluding carboxylic acids is 1. The second-order valence-electron chi connectivity index (χ2n) is 4.32. The van der Waals surface area contributed by atoms with Gasteiger partial charge in [-0.15, -0.1) is 0 Å². The maximum atomic E-state index is 11.9. The predicted molar refractivity (Wildman–Crippen MR) is 75.0 cm³/mol. The number of anilines is 1. The van der Waals surface area contributed by atoms with Crippen LogP contribution in [0.1, 0.15) is 5.69 Å². The fourth-order valence-electron chi connectivity index (χ4n) is 1.72. The zero-order valence-corrected chi connectivity index (χ0v) is 11.1. The zero-order valence-electron chi connectivity index (χ0n) is 11.1. The number of rotatable bonds is 4. The quantitative estimate of drug-likeness (QED) is 0.669. The van der Waals surface area contributed by atoms with Gasteiger partial charge in [-0.25, -0.2) is 4.98 Å². The van der Waals surface area contributed by atoms with E-state index < -0.39 is 10.8 Å². The lowest BCUT2D eigenvalue weighted by Gasteiger charge is -2.07. The van der Waals surface area contributed by atoms with E-state index in [9.17, 15) is 19.7 Å². The number of nitrogens with zero attached hydrogens (tertiary/aromatic N) is 3. The summed E-state index contributed by atoms with van der Waals surface area (Å²) in [6.45, 7) is 1.40. The highest BCUT2D eigenvalue weighted by molar-refractivity contribution is 5.92. The topological polar surface area (TPSA) is 107 Å². The standard InChI is InChI=1S/C13H12N4O4/c1-9-6-13(19)16(8-14-9)7-12(18)15-10-4-2-3-5-11(10)17(20)21/h2-6,8H,7H2,1H3,(H,15,18). The molecule has 1 N–H and O–H groups in total. The van der Waals surface area contributed by atoms with Gasteiger partial charge in [-0.2, -0.15) is 0 Å². The average molecular weight is 288 g/mol. The summed E-state index contributed by atoms with van der Waals surface area (Å²) in [7, 11) is 0. The van der Waals surface area contributed by atoms with E-state index in [2.05, 4.69) is 10.3 Å². The number of nitrogens with one attached hydrogen (secondary N) is 1. The van der Waals surface area contributed by atoms with Crippen molar-refractivity contribution in [2.24, 2.45) is 0 Å². The summed E-state index contributed by atoms with van der Waals surface area (Å²) in [6, 6.07) is 7.09. The Morgan fingerprint density at radius 2 is 2.14 bits per heavy atom. The number of hydrogen-bond acceptors (Lipinski definition) is 5. The SMILES string of the molecule is Cc1cc(=O)n(CC(=O)Nc2ccccc2[N+](=O)[O-])cn1. The minimum Gasteiger partial charge on any atom is -0.319 e. The third kappa shape index (κ3) is 3.50. The molecule has 1 aromatic carbocycles. The van der Waals surface area contributed by atoms with E-state index in [4.69, 9.17) is 0 Å². The monoisotopic (exact) mass is 288 g/mol. The summed E-state index contributed by atoms with van der Waals surface area (Å²) < 4.78 is 1.12. The van der Waals surface area contributed by atoms with Gasteiger partial charge >= 0.3 is 0 Å². The van der Waals surface area contributed by atoms with Crippen LogP contribution in [-0.2, 0) is 11.3 Å². The van der Waals surface area contributed by atoms with Crippen molar-refractivity contribution in [3.05, 3.63) is 62.8 Å². The second kappa shape index (κ2) is 5.95. The molecule has 2 rings (SSSR count). The first-order chi connectivity index (χ1) is 9.97. The van der Waals surface area contributed by atoms with Crippen LogP contribution in [-0.4, -0.2) is 20.4 Å². The normalized spacial score (nSPS) is 10.1.